The van der Waals surface area contributed by atoms with Gasteiger partial charge in [0.05, 0.1) is 18.2 Å². The smallest absolute Gasteiger partial charge is 0.270 e. The van der Waals surface area contributed by atoms with Crippen LogP contribution in [0.1, 0.15) is 17.2 Å². The van der Waals surface area contributed by atoms with Crippen molar-refractivity contribution >= 4 is 6.08 Å². The molecule has 0 radical (unpaired) electrons. The number of ether oxygens (including phenoxy) is 3. The molecule has 9 N–H and O–H groups in total. The van der Waals surface area contributed by atoms with Gasteiger partial charge in [0.25, 0.3) is 11.9 Å². The van der Waals surface area contributed by atoms with Crippen molar-refractivity contribution in [1.29, 1.82) is 0 Å². The number of aliphatic hydroxyl groups excluding tert-OH is 4. The minimum Gasteiger partial charge on any atom is -0.571 e. The van der Waals surface area contributed by atoms with Crippen molar-refractivity contribution in [2.75, 3.05) is 6.61 Å². The van der Waals surface area contributed by atoms with Crippen LogP contribution in [-0.4, -0.2) is 82.9 Å². The highest BCUT2D eigenvalue weighted by Crippen LogP contribution is 2.50. The molecule has 172 valence electrons. The maximum Gasteiger partial charge on any atom is 0.270 e. The lowest BCUT2D eigenvalue weighted by Crippen LogP contribution is -2.59. The zero-order valence-corrected chi connectivity index (χ0v) is 16.5. The van der Waals surface area contributed by atoms with Crippen molar-refractivity contribution in [3.8, 4) is 28.7 Å². The zero-order chi connectivity index (χ0) is 23.2. The fourth-order valence-electron chi connectivity index (χ4n) is 3.61. The molecule has 4 rings (SSSR count). The van der Waals surface area contributed by atoms with Gasteiger partial charge < -0.3 is 55.1 Å². The van der Waals surface area contributed by atoms with E-state index in [9.17, 15) is 40.9 Å². The molecule has 0 aromatic heterocycles. The number of fused-ring (bicyclic) bond motifs is 1. The van der Waals surface area contributed by atoms with Crippen LogP contribution in [-0.2, 0) is 9.47 Å². The highest BCUT2D eigenvalue weighted by Gasteiger charge is 2.46. The Morgan fingerprint density at radius 1 is 0.906 bits per heavy atom. The summed E-state index contributed by atoms with van der Waals surface area (Å²) in [7, 11) is 0. The van der Waals surface area contributed by atoms with Gasteiger partial charge in [0.2, 0.25) is 12.0 Å². The van der Waals surface area contributed by atoms with E-state index in [-0.39, 0.29) is 22.8 Å². The summed E-state index contributed by atoms with van der Waals surface area (Å²) in [5, 5.41) is 79.3. The van der Waals surface area contributed by atoms with Crippen LogP contribution in [0, 0.1) is 0 Å². The second-order valence-corrected chi connectivity index (χ2v) is 7.51. The fraction of sp³-hybridized carbons (Fsp3) is 0.333. The molecule has 11 heteroatoms. The summed E-state index contributed by atoms with van der Waals surface area (Å²) in [6.07, 6.45) is -7.21. The van der Waals surface area contributed by atoms with E-state index in [0.717, 1.165) is 6.07 Å². The van der Waals surface area contributed by atoms with E-state index < -0.39 is 60.7 Å². The van der Waals surface area contributed by atoms with Gasteiger partial charge in [-0.3, -0.25) is 0 Å². The van der Waals surface area contributed by atoms with Crippen LogP contribution in [0.15, 0.2) is 36.1 Å². The molecule has 1 fully saturated rings. The summed E-state index contributed by atoms with van der Waals surface area (Å²) in [6.45, 7) is -0.646. The highest BCUT2D eigenvalue weighted by atomic mass is 16.7. The Balaban J connectivity index is 1.75. The Hall–Kier alpha value is -3.22. The molecule has 0 aliphatic carbocycles. The average molecular weight is 451 g/mol. The Kier molecular flexibility index (Phi) is 5.75. The Morgan fingerprint density at radius 2 is 1.59 bits per heavy atom. The number of benzene rings is 2. The van der Waals surface area contributed by atoms with Crippen LogP contribution in [0.2, 0.25) is 0 Å². The lowest BCUT2D eigenvalue weighted by molar-refractivity contribution is -0.295. The molecule has 11 nitrogen and oxygen atoms in total. The first-order valence-corrected chi connectivity index (χ1v) is 9.67. The van der Waals surface area contributed by atoms with Crippen LogP contribution in [0.3, 0.4) is 0 Å². The van der Waals surface area contributed by atoms with Gasteiger partial charge in [-0.2, -0.15) is 0 Å². The third kappa shape index (κ3) is 3.76. The number of hydrogen-bond donors (Lipinski definition) is 8. The first-order chi connectivity index (χ1) is 15.2. The second kappa shape index (κ2) is 8.37. The maximum absolute atomic E-state index is 10.3. The first-order valence-electron chi connectivity index (χ1n) is 9.67. The molecule has 1 unspecified atom stereocenters. The van der Waals surface area contributed by atoms with Crippen LogP contribution in [0.5, 0.6) is 28.7 Å². The van der Waals surface area contributed by atoms with E-state index in [0.29, 0.717) is 5.56 Å². The third-order valence-electron chi connectivity index (χ3n) is 5.41. The number of rotatable bonds is 4. The average Bonchev–Trinajstić information content (AvgIpc) is 2.78. The molecule has 2 aliphatic heterocycles. The van der Waals surface area contributed by atoms with Crippen LogP contribution in [0.4, 0.5) is 0 Å². The Bertz CT molecular complexity index is 1020. The van der Waals surface area contributed by atoms with E-state index in [1.54, 1.807) is 12.1 Å². The quantitative estimate of drug-likeness (QED) is 0.173. The van der Waals surface area contributed by atoms with Gasteiger partial charge in [-0.15, -0.1) is 0 Å². The number of hydrogen-bond acceptors (Lipinski definition) is 10. The third-order valence-corrected chi connectivity index (χ3v) is 5.41. The van der Waals surface area contributed by atoms with Gasteiger partial charge in [-0.25, -0.2) is 0 Å². The summed E-state index contributed by atoms with van der Waals surface area (Å²) >= 11 is 0. The molecule has 2 aliphatic rings. The van der Waals surface area contributed by atoms with Gasteiger partial charge in [0.1, 0.15) is 35.7 Å². The van der Waals surface area contributed by atoms with Crippen LogP contribution in [0.25, 0.3) is 6.08 Å². The lowest BCUT2D eigenvalue weighted by Gasteiger charge is -2.40. The van der Waals surface area contributed by atoms with Gasteiger partial charge >= 0.3 is 0 Å². The van der Waals surface area contributed by atoms with Gasteiger partial charge in [-0.1, -0.05) is 0 Å². The van der Waals surface area contributed by atoms with Gasteiger partial charge in [0.15, 0.2) is 17.3 Å². The standard InChI is InChI=1S/C21H22O11/c22-7-14-17(27)18(28)19(29)21(32-14)31-13-5-10-12(6-11(24)16(26)15(10)25)30-20(13)8-1-3-9(23)4-2-8/h1-6,14,17-29H,7H2/p+1/t14-,17-,18+,19-,20?,21-/m1/s1. The number of aliphatic hydroxyl groups is 5. The Morgan fingerprint density at radius 3 is 2.25 bits per heavy atom. The number of phenolic OH excluding ortho intramolecular Hbond substituents is 4. The number of aromatic hydroxyl groups is 5. The molecular weight excluding hydrogens is 428 g/mol. The van der Waals surface area contributed by atoms with E-state index in [1.165, 1.54) is 18.2 Å². The zero-order valence-electron chi connectivity index (χ0n) is 16.5. The molecule has 2 heterocycles. The molecule has 0 saturated carbocycles. The molecule has 2 aromatic carbocycles. The van der Waals surface area contributed by atoms with E-state index in [1.807, 2.05) is 0 Å². The van der Waals surface area contributed by atoms with Crippen molar-refractivity contribution in [3.05, 3.63) is 47.2 Å². The summed E-state index contributed by atoms with van der Waals surface area (Å²) < 4.78 is 15.6. The largest absolute Gasteiger partial charge is 0.571 e. The number of phenols is 4. The summed E-state index contributed by atoms with van der Waals surface area (Å²) in [5.41, 5.74) is 0.547. The Labute approximate surface area is 181 Å². The second-order valence-electron chi connectivity index (χ2n) is 7.51. The monoisotopic (exact) mass is 451 g/mol. The van der Waals surface area contributed by atoms with E-state index in [2.05, 4.69) is 4.74 Å². The molecule has 32 heavy (non-hydrogen) atoms. The van der Waals surface area contributed by atoms with Crippen LogP contribution >= 0.6 is 0 Å². The van der Waals surface area contributed by atoms with Crippen molar-refractivity contribution in [2.45, 2.75) is 36.8 Å². The predicted octanol–water partition coefficient (Wildman–Crippen LogP) is -0.337. The minimum absolute atomic E-state index is 0.00514. The molecule has 6 atom stereocenters. The van der Waals surface area contributed by atoms with Crippen molar-refractivity contribution in [1.82, 2.24) is 0 Å². The van der Waals surface area contributed by atoms with Gasteiger partial charge in [-0.05, 0) is 24.3 Å². The molecule has 0 amide bonds. The maximum atomic E-state index is 10.3. The molecule has 0 spiro atoms. The summed E-state index contributed by atoms with van der Waals surface area (Å²) in [5.74, 6) is -1.83. The van der Waals surface area contributed by atoms with E-state index in [4.69, 9.17) is 9.47 Å². The predicted molar refractivity (Wildman–Crippen MR) is 107 cm³/mol. The summed E-state index contributed by atoms with van der Waals surface area (Å²) in [4.78, 5) is 0. The molecule has 0 bridgehead atoms. The van der Waals surface area contributed by atoms with Crippen molar-refractivity contribution in [2.24, 2.45) is 0 Å². The molecule has 1 saturated heterocycles. The molecular formula is C21H23O11+. The minimum atomic E-state index is -1.68. The topological polar surface area (TPSA) is 193 Å². The SMILES string of the molecule is OC[C@H]1O[C@@H](OC2=Cc3c(cc(O)c(O)c3O)[OH+]C2c2ccc(O)cc2)[C@H](O)[C@@H](O)[C@@H]1O. The van der Waals surface area contributed by atoms with Gasteiger partial charge in [0, 0.05) is 6.08 Å². The lowest BCUT2D eigenvalue weighted by atomic mass is 9.98. The molecule has 2 aromatic rings. The van der Waals surface area contributed by atoms with Crippen molar-refractivity contribution in [3.63, 3.8) is 0 Å². The summed E-state index contributed by atoms with van der Waals surface area (Å²) in [6, 6.07) is 7.09. The first kappa shape index (κ1) is 22.0. The normalized spacial score (nSPS) is 29.6. The van der Waals surface area contributed by atoms with Crippen molar-refractivity contribution < 1.29 is 55.1 Å². The van der Waals surface area contributed by atoms with Crippen LogP contribution < -0.4 is 0 Å². The van der Waals surface area contributed by atoms with E-state index >= 15 is 0 Å². The fourth-order valence-corrected chi connectivity index (χ4v) is 3.61. The highest BCUT2D eigenvalue weighted by molar-refractivity contribution is 5.73.